The summed E-state index contributed by atoms with van der Waals surface area (Å²) in [5.41, 5.74) is 1.07. The van der Waals surface area contributed by atoms with E-state index in [-0.39, 0.29) is 23.5 Å². The summed E-state index contributed by atoms with van der Waals surface area (Å²) in [6.07, 6.45) is 2.38. The first-order valence-electron chi connectivity index (χ1n) is 9.31. The molecule has 1 amide bonds. The molecule has 2 aliphatic heterocycles. The van der Waals surface area contributed by atoms with Gasteiger partial charge in [0.2, 0.25) is 5.91 Å². The highest BCUT2D eigenvalue weighted by Crippen LogP contribution is 2.18. The number of rotatable bonds is 6. The zero-order valence-electron chi connectivity index (χ0n) is 15.4. The lowest BCUT2D eigenvalue weighted by Crippen LogP contribution is -2.51. The molecule has 3 heterocycles. The number of aromatic nitrogens is 1. The van der Waals surface area contributed by atoms with Crippen LogP contribution in [-0.2, 0) is 21.2 Å². The van der Waals surface area contributed by atoms with Gasteiger partial charge in [-0.2, -0.15) is 0 Å². The first kappa shape index (κ1) is 19.3. The van der Waals surface area contributed by atoms with Crippen molar-refractivity contribution in [2.75, 3.05) is 50.8 Å². The number of hydrogen-bond donors (Lipinski definition) is 0. The molecule has 26 heavy (non-hydrogen) atoms. The van der Waals surface area contributed by atoms with Crippen molar-refractivity contribution in [2.24, 2.45) is 0 Å². The molecule has 7 nitrogen and oxygen atoms in total. The summed E-state index contributed by atoms with van der Waals surface area (Å²) in [7, 11) is -2.97. The largest absolute Gasteiger partial charge is 0.338 e. The minimum atomic E-state index is -2.97. The van der Waals surface area contributed by atoms with Gasteiger partial charge < -0.3 is 4.90 Å². The predicted molar refractivity (Wildman–Crippen MR) is 100 cm³/mol. The van der Waals surface area contributed by atoms with Crippen LogP contribution in [0.25, 0.3) is 0 Å². The minimum absolute atomic E-state index is 0.0489. The summed E-state index contributed by atoms with van der Waals surface area (Å²) in [5.74, 6) is 0.366. The molecule has 0 radical (unpaired) electrons. The van der Waals surface area contributed by atoms with Gasteiger partial charge in [0.25, 0.3) is 0 Å². The molecule has 1 aromatic heterocycles. The molecule has 3 rings (SSSR count). The first-order valence-corrected chi connectivity index (χ1v) is 11.1. The summed E-state index contributed by atoms with van der Waals surface area (Å²) in [4.78, 5) is 23.3. The monoisotopic (exact) mass is 380 g/mol. The quantitative estimate of drug-likeness (QED) is 0.704. The zero-order chi connectivity index (χ0) is 18.6. The molecular weight excluding hydrogens is 352 g/mol. The van der Waals surface area contributed by atoms with E-state index >= 15 is 0 Å². The molecule has 0 aromatic carbocycles. The Hall–Kier alpha value is -1.51. The average molecular weight is 381 g/mol. The number of amides is 1. The molecule has 0 aliphatic carbocycles. The average Bonchev–Trinajstić information content (AvgIpc) is 2.98. The Morgan fingerprint density at radius 1 is 1.23 bits per heavy atom. The number of pyridine rings is 1. The van der Waals surface area contributed by atoms with Crippen molar-refractivity contribution >= 4 is 15.7 Å². The van der Waals surface area contributed by atoms with Crippen LogP contribution in [0.3, 0.4) is 0 Å². The van der Waals surface area contributed by atoms with Crippen molar-refractivity contribution in [3.8, 4) is 0 Å². The van der Waals surface area contributed by atoms with Crippen LogP contribution in [-0.4, -0.2) is 90.8 Å². The van der Waals surface area contributed by atoms with E-state index in [1.54, 1.807) is 4.90 Å². The van der Waals surface area contributed by atoms with Crippen LogP contribution < -0.4 is 0 Å². The maximum Gasteiger partial charge on any atom is 0.237 e. The molecular formula is C18H28N4O3S. The number of piperazine rings is 1. The van der Waals surface area contributed by atoms with Crippen molar-refractivity contribution in [1.82, 2.24) is 19.7 Å². The van der Waals surface area contributed by atoms with Crippen molar-refractivity contribution in [2.45, 2.75) is 25.9 Å². The number of nitrogens with zero attached hydrogens (tertiary/aromatic N) is 4. The van der Waals surface area contributed by atoms with E-state index in [1.807, 2.05) is 31.3 Å². The summed E-state index contributed by atoms with van der Waals surface area (Å²) in [6.45, 7) is 7.22. The van der Waals surface area contributed by atoms with Crippen LogP contribution in [0.2, 0.25) is 0 Å². The van der Waals surface area contributed by atoms with E-state index in [0.717, 1.165) is 38.4 Å². The van der Waals surface area contributed by atoms with Crippen LogP contribution in [0, 0.1) is 0 Å². The number of carbonyl (C=O) groups excluding carboxylic acids is 1. The van der Waals surface area contributed by atoms with Gasteiger partial charge in [-0.1, -0.05) is 6.07 Å². The number of likely N-dealkylation sites (N-methyl/N-ethyl adjacent to an activating group) is 1. The number of sulfone groups is 1. The fourth-order valence-electron chi connectivity index (χ4n) is 3.77. The lowest BCUT2D eigenvalue weighted by molar-refractivity contribution is -0.134. The second-order valence-corrected chi connectivity index (χ2v) is 9.34. The van der Waals surface area contributed by atoms with E-state index in [0.29, 0.717) is 19.5 Å². The summed E-state index contributed by atoms with van der Waals surface area (Å²) in [6, 6.07) is 5.80. The standard InChI is InChI=1S/C18H28N4O3S/c1-2-22(17-6-12-26(24,25)15-17)18(23)14-21-10-8-20(9-11-21)13-16-5-3-4-7-19-16/h3-5,7,17H,2,6,8-15H2,1H3. The molecule has 1 unspecified atom stereocenters. The molecule has 144 valence electrons. The van der Waals surface area contributed by atoms with Crippen LogP contribution >= 0.6 is 0 Å². The van der Waals surface area contributed by atoms with Gasteiger partial charge in [0.05, 0.1) is 23.7 Å². The number of carbonyl (C=O) groups is 1. The fourth-order valence-corrected chi connectivity index (χ4v) is 5.50. The highest BCUT2D eigenvalue weighted by atomic mass is 32.2. The van der Waals surface area contributed by atoms with Gasteiger partial charge in [-0.25, -0.2) is 8.42 Å². The van der Waals surface area contributed by atoms with E-state index < -0.39 is 9.84 Å². The molecule has 2 saturated heterocycles. The number of hydrogen-bond acceptors (Lipinski definition) is 6. The smallest absolute Gasteiger partial charge is 0.237 e. The highest BCUT2D eigenvalue weighted by molar-refractivity contribution is 7.91. The second-order valence-electron chi connectivity index (χ2n) is 7.11. The van der Waals surface area contributed by atoms with E-state index in [1.165, 1.54) is 0 Å². The summed E-state index contributed by atoms with van der Waals surface area (Å²) in [5, 5.41) is 0. The van der Waals surface area contributed by atoms with Gasteiger partial charge in [0, 0.05) is 51.5 Å². The summed E-state index contributed by atoms with van der Waals surface area (Å²) < 4.78 is 23.4. The Morgan fingerprint density at radius 2 is 1.96 bits per heavy atom. The molecule has 1 aromatic rings. The Kier molecular flexibility index (Phi) is 6.26. The lowest BCUT2D eigenvalue weighted by atomic mass is 10.2. The molecule has 8 heteroatoms. The van der Waals surface area contributed by atoms with Crippen molar-refractivity contribution in [3.05, 3.63) is 30.1 Å². The van der Waals surface area contributed by atoms with Gasteiger partial charge in [0.15, 0.2) is 9.84 Å². The normalized spacial score (nSPS) is 23.8. The lowest BCUT2D eigenvalue weighted by Gasteiger charge is -2.36. The van der Waals surface area contributed by atoms with E-state index in [4.69, 9.17) is 0 Å². The zero-order valence-corrected chi connectivity index (χ0v) is 16.2. The molecule has 2 aliphatic rings. The van der Waals surface area contributed by atoms with Crippen LogP contribution in [0.4, 0.5) is 0 Å². The summed E-state index contributed by atoms with van der Waals surface area (Å²) >= 11 is 0. The Balaban J connectivity index is 1.46. The van der Waals surface area contributed by atoms with E-state index in [9.17, 15) is 13.2 Å². The van der Waals surface area contributed by atoms with Crippen molar-refractivity contribution < 1.29 is 13.2 Å². The van der Waals surface area contributed by atoms with Gasteiger partial charge >= 0.3 is 0 Å². The van der Waals surface area contributed by atoms with Crippen molar-refractivity contribution in [1.29, 1.82) is 0 Å². The van der Waals surface area contributed by atoms with E-state index in [2.05, 4.69) is 14.8 Å². The first-order chi connectivity index (χ1) is 12.5. The molecule has 1 atom stereocenters. The molecule has 0 spiro atoms. The third-order valence-electron chi connectivity index (χ3n) is 5.25. The maximum absolute atomic E-state index is 12.7. The fraction of sp³-hybridized carbons (Fsp3) is 0.667. The Labute approximate surface area is 155 Å². The Morgan fingerprint density at radius 3 is 2.54 bits per heavy atom. The van der Waals surface area contributed by atoms with Crippen molar-refractivity contribution in [3.63, 3.8) is 0 Å². The van der Waals surface area contributed by atoms with Gasteiger partial charge in [-0.3, -0.25) is 19.6 Å². The third kappa shape index (κ3) is 5.02. The molecule has 2 fully saturated rings. The second kappa shape index (κ2) is 8.45. The molecule has 0 N–H and O–H groups in total. The minimum Gasteiger partial charge on any atom is -0.338 e. The van der Waals surface area contributed by atoms with Gasteiger partial charge in [-0.05, 0) is 25.5 Å². The SMILES string of the molecule is CCN(C(=O)CN1CCN(Cc2ccccn2)CC1)C1CCS(=O)(=O)C1. The Bertz CT molecular complexity index is 702. The van der Waals surface area contributed by atoms with Crippen LogP contribution in [0.15, 0.2) is 24.4 Å². The molecule has 0 bridgehead atoms. The highest BCUT2D eigenvalue weighted by Gasteiger charge is 2.34. The maximum atomic E-state index is 12.7. The van der Waals surface area contributed by atoms with Crippen LogP contribution in [0.5, 0.6) is 0 Å². The third-order valence-corrected chi connectivity index (χ3v) is 7.00. The molecule has 0 saturated carbocycles. The topological polar surface area (TPSA) is 73.8 Å². The predicted octanol–water partition coefficient (Wildman–Crippen LogP) is 0.235. The van der Waals surface area contributed by atoms with Gasteiger partial charge in [-0.15, -0.1) is 0 Å². The van der Waals surface area contributed by atoms with Gasteiger partial charge in [0.1, 0.15) is 0 Å². The van der Waals surface area contributed by atoms with Crippen LogP contribution in [0.1, 0.15) is 19.0 Å².